The van der Waals surface area contributed by atoms with Gasteiger partial charge in [0, 0.05) is 23.1 Å². The highest BCUT2D eigenvalue weighted by atomic mass is 35.5. The summed E-state index contributed by atoms with van der Waals surface area (Å²) in [6.45, 7) is 0. The summed E-state index contributed by atoms with van der Waals surface area (Å²) in [5.41, 5.74) is 0.389. The van der Waals surface area contributed by atoms with Crippen LogP contribution in [0.25, 0.3) is 6.08 Å². The van der Waals surface area contributed by atoms with E-state index in [1.54, 1.807) is 12.2 Å². The van der Waals surface area contributed by atoms with E-state index in [-0.39, 0.29) is 22.1 Å². The second kappa shape index (κ2) is 9.35. The number of aliphatic hydroxyl groups excluding tert-OH is 1. The number of halogens is 3. The summed E-state index contributed by atoms with van der Waals surface area (Å²) >= 11 is 8.98. The maximum Gasteiger partial charge on any atom is 0.347 e. The molecule has 0 aliphatic heterocycles. The minimum absolute atomic E-state index is 0.00210. The van der Waals surface area contributed by atoms with Crippen LogP contribution in [0.2, 0.25) is 0 Å². The van der Waals surface area contributed by atoms with E-state index in [0.29, 0.717) is 28.5 Å². The van der Waals surface area contributed by atoms with E-state index in [9.17, 15) is 18.7 Å². The third kappa shape index (κ3) is 5.31. The molecule has 0 unspecified atom stereocenters. The first-order valence-electron chi connectivity index (χ1n) is 8.62. The van der Waals surface area contributed by atoms with Crippen LogP contribution in [-0.2, 0) is 0 Å². The van der Waals surface area contributed by atoms with Crippen LogP contribution in [0.3, 0.4) is 0 Å². The lowest BCUT2D eigenvalue weighted by molar-refractivity contribution is 0.0702. The molecule has 3 rings (SSSR count). The van der Waals surface area contributed by atoms with Gasteiger partial charge in [-0.3, -0.25) is 0 Å². The Labute approximate surface area is 174 Å². The Morgan fingerprint density at radius 1 is 1.36 bits per heavy atom. The predicted octanol–water partition coefficient (Wildman–Crippen LogP) is 4.92. The summed E-state index contributed by atoms with van der Waals surface area (Å²) in [7, 11) is 0. The molecule has 1 aliphatic carbocycles. The number of thiazole rings is 1. The van der Waals surface area contributed by atoms with Crippen LogP contribution in [0, 0.1) is 23.5 Å². The standard InChI is InChI=1S/C19H18ClF2NO3S2/c20-15-8-16(24)14(2-1-10-5-11(21)7-12(22)6-10)13(15)3-4-27-19-23-9-17(28-19)18(25)26/h1-2,5-7,9,13-16,24H,3-4,8H2,(H,25,26)/b2-1+/t13-,14-,15-,16-/m1/s1. The molecule has 4 nitrogen and oxygen atoms in total. The number of hydrogen-bond acceptors (Lipinski definition) is 5. The van der Waals surface area contributed by atoms with Crippen LogP contribution in [-0.4, -0.2) is 38.4 Å². The van der Waals surface area contributed by atoms with Gasteiger partial charge in [-0.15, -0.1) is 22.9 Å². The lowest BCUT2D eigenvalue weighted by Crippen LogP contribution is -2.19. The molecule has 0 bridgehead atoms. The second-order valence-corrected chi connectivity index (χ2v) is 9.49. The molecular formula is C19H18ClF2NO3S2. The van der Waals surface area contributed by atoms with Gasteiger partial charge in [0.2, 0.25) is 0 Å². The van der Waals surface area contributed by atoms with Crippen molar-refractivity contribution in [1.29, 1.82) is 0 Å². The predicted molar refractivity (Wildman–Crippen MR) is 107 cm³/mol. The monoisotopic (exact) mass is 445 g/mol. The van der Waals surface area contributed by atoms with Gasteiger partial charge >= 0.3 is 5.97 Å². The van der Waals surface area contributed by atoms with Crippen molar-refractivity contribution in [3.05, 3.63) is 52.5 Å². The van der Waals surface area contributed by atoms with Crippen molar-refractivity contribution in [3.63, 3.8) is 0 Å². The van der Waals surface area contributed by atoms with E-state index in [1.165, 1.54) is 30.1 Å². The third-order valence-corrected chi connectivity index (χ3v) is 7.32. The summed E-state index contributed by atoms with van der Waals surface area (Å²) in [4.78, 5) is 15.2. The smallest absolute Gasteiger partial charge is 0.347 e. The van der Waals surface area contributed by atoms with Gasteiger partial charge in [0.05, 0.1) is 12.3 Å². The van der Waals surface area contributed by atoms with Crippen LogP contribution in [0.5, 0.6) is 0 Å². The Morgan fingerprint density at radius 3 is 2.71 bits per heavy atom. The first-order chi connectivity index (χ1) is 13.3. The Kier molecular flexibility index (Phi) is 7.09. The van der Waals surface area contributed by atoms with Gasteiger partial charge < -0.3 is 10.2 Å². The maximum atomic E-state index is 13.3. The van der Waals surface area contributed by atoms with Crippen molar-refractivity contribution in [2.75, 3.05) is 5.75 Å². The Bertz CT molecular complexity index is 856. The molecular weight excluding hydrogens is 428 g/mol. The fourth-order valence-electron chi connectivity index (χ4n) is 3.33. The number of nitrogens with zero attached hydrogens (tertiary/aromatic N) is 1. The van der Waals surface area contributed by atoms with Gasteiger partial charge in [-0.25, -0.2) is 18.6 Å². The fraction of sp³-hybridized carbons (Fsp3) is 0.368. The number of aliphatic hydroxyl groups is 1. The van der Waals surface area contributed by atoms with E-state index in [2.05, 4.69) is 4.98 Å². The number of carboxylic acids is 1. The first-order valence-corrected chi connectivity index (χ1v) is 10.9. The highest BCUT2D eigenvalue weighted by molar-refractivity contribution is 8.01. The molecule has 28 heavy (non-hydrogen) atoms. The average Bonchev–Trinajstić information content (AvgIpc) is 3.18. The molecule has 4 atom stereocenters. The normalized spacial score (nSPS) is 24.9. The average molecular weight is 446 g/mol. The van der Waals surface area contributed by atoms with E-state index in [1.807, 2.05) is 0 Å². The van der Waals surface area contributed by atoms with Gasteiger partial charge in [-0.05, 0) is 36.5 Å². The van der Waals surface area contributed by atoms with E-state index in [4.69, 9.17) is 16.7 Å². The van der Waals surface area contributed by atoms with Crippen molar-refractivity contribution < 1.29 is 23.8 Å². The van der Waals surface area contributed by atoms with Crippen molar-refractivity contribution in [2.45, 2.75) is 28.7 Å². The number of rotatable bonds is 7. The van der Waals surface area contributed by atoms with Crippen LogP contribution in [0.1, 0.15) is 28.1 Å². The fourth-order valence-corrected chi connectivity index (χ4v) is 5.74. The lowest BCUT2D eigenvalue weighted by Gasteiger charge is -2.20. The van der Waals surface area contributed by atoms with Crippen molar-refractivity contribution in [3.8, 4) is 0 Å². The van der Waals surface area contributed by atoms with E-state index < -0.39 is 23.7 Å². The quantitative estimate of drug-likeness (QED) is 0.467. The largest absolute Gasteiger partial charge is 0.477 e. The molecule has 0 amide bonds. The molecule has 9 heteroatoms. The number of benzene rings is 1. The first kappa shape index (κ1) is 21.2. The second-order valence-electron chi connectivity index (χ2n) is 6.55. The van der Waals surface area contributed by atoms with Crippen molar-refractivity contribution in [1.82, 2.24) is 4.98 Å². The Balaban J connectivity index is 1.62. The number of thioether (sulfide) groups is 1. The van der Waals surface area contributed by atoms with Crippen LogP contribution in [0.4, 0.5) is 8.78 Å². The minimum atomic E-state index is -0.997. The zero-order valence-corrected chi connectivity index (χ0v) is 17.0. The number of hydrogen-bond donors (Lipinski definition) is 2. The van der Waals surface area contributed by atoms with Crippen LogP contribution >= 0.6 is 34.7 Å². The molecule has 1 aromatic heterocycles. The van der Waals surface area contributed by atoms with Gasteiger partial charge in [0.25, 0.3) is 0 Å². The summed E-state index contributed by atoms with van der Waals surface area (Å²) in [6.07, 6.45) is 5.24. The van der Waals surface area contributed by atoms with Crippen LogP contribution in [0.15, 0.2) is 34.8 Å². The van der Waals surface area contributed by atoms with Crippen molar-refractivity contribution >= 4 is 46.7 Å². The molecule has 1 saturated carbocycles. The van der Waals surface area contributed by atoms with Gasteiger partial charge in [0.15, 0.2) is 4.34 Å². The zero-order valence-electron chi connectivity index (χ0n) is 14.6. The molecule has 2 N–H and O–H groups in total. The highest BCUT2D eigenvalue weighted by Crippen LogP contribution is 2.40. The molecule has 1 aromatic carbocycles. The van der Waals surface area contributed by atoms with Gasteiger partial charge in [-0.1, -0.05) is 23.9 Å². The maximum absolute atomic E-state index is 13.3. The molecule has 150 valence electrons. The summed E-state index contributed by atoms with van der Waals surface area (Å²) in [5, 5.41) is 19.1. The molecule has 1 fully saturated rings. The summed E-state index contributed by atoms with van der Waals surface area (Å²) in [5.74, 6) is -1.86. The number of carbonyl (C=O) groups is 1. The van der Waals surface area contributed by atoms with E-state index in [0.717, 1.165) is 17.4 Å². The molecule has 0 spiro atoms. The molecule has 1 aliphatic rings. The van der Waals surface area contributed by atoms with Gasteiger partial charge in [-0.2, -0.15) is 0 Å². The lowest BCUT2D eigenvalue weighted by atomic mass is 9.91. The number of aromatic carboxylic acids is 1. The zero-order chi connectivity index (χ0) is 20.3. The Morgan fingerprint density at radius 2 is 2.07 bits per heavy atom. The van der Waals surface area contributed by atoms with Gasteiger partial charge in [0.1, 0.15) is 16.5 Å². The SMILES string of the molecule is O=C(O)c1cnc(SCC[C@@H]2[C@@H](/C=C/c3cc(F)cc(F)c3)[C@H](O)C[C@H]2Cl)s1. The van der Waals surface area contributed by atoms with E-state index >= 15 is 0 Å². The molecule has 0 radical (unpaired) electrons. The van der Waals surface area contributed by atoms with Crippen molar-refractivity contribution in [2.24, 2.45) is 11.8 Å². The highest BCUT2D eigenvalue weighted by Gasteiger charge is 2.39. The minimum Gasteiger partial charge on any atom is -0.477 e. The number of carboxylic acid groups (broad SMARTS) is 1. The molecule has 1 heterocycles. The molecule has 0 saturated heterocycles. The Hall–Kier alpha value is -1.48. The topological polar surface area (TPSA) is 70.4 Å². The number of aromatic nitrogens is 1. The number of alkyl halides is 1. The summed E-state index contributed by atoms with van der Waals surface area (Å²) < 4.78 is 27.3. The summed E-state index contributed by atoms with van der Waals surface area (Å²) in [6, 6.07) is 3.27. The molecule has 2 aromatic rings. The third-order valence-electron chi connectivity index (χ3n) is 4.64. The van der Waals surface area contributed by atoms with Crippen LogP contribution < -0.4 is 0 Å².